The molecule has 0 aromatic heterocycles. The summed E-state index contributed by atoms with van der Waals surface area (Å²) in [4.78, 5) is 11.8. The van der Waals surface area contributed by atoms with Crippen LogP contribution in [0.3, 0.4) is 0 Å². The lowest BCUT2D eigenvalue weighted by molar-refractivity contribution is -0.306. The van der Waals surface area contributed by atoms with Gasteiger partial charge in [-0.2, -0.15) is 0 Å². The molecule has 0 aromatic rings. The Hall–Kier alpha value is -1.13. The molecule has 5 N–H and O–H groups in total. The first kappa shape index (κ1) is 22.2. The molecular weight excluding hydrogens is 356 g/mol. The standard InChI is InChI=1S/C19H30O8/c1-10-7-12(21)8-18(3,4)19(10,25)6-5-11(2)26-17-16(24)15(23)14(22)13(9-20)27-17/h5-7,11,13-17,20,22-25H,8-9H2,1-4H3/b6-5+/t11?,13-,14-,15+,16-,17+,19+/m0/s1. The van der Waals surface area contributed by atoms with Crippen molar-refractivity contribution < 1.29 is 39.8 Å². The summed E-state index contributed by atoms with van der Waals surface area (Å²) < 4.78 is 10.9. The molecule has 7 atom stereocenters. The van der Waals surface area contributed by atoms with Crippen LogP contribution in [0.2, 0.25) is 0 Å². The van der Waals surface area contributed by atoms with Crippen molar-refractivity contribution in [2.24, 2.45) is 5.41 Å². The van der Waals surface area contributed by atoms with Crippen LogP contribution in [0.4, 0.5) is 0 Å². The van der Waals surface area contributed by atoms with Crippen molar-refractivity contribution in [3.05, 3.63) is 23.8 Å². The first-order valence-electron chi connectivity index (χ1n) is 9.02. The third-order valence-electron chi connectivity index (χ3n) is 5.43. The quantitative estimate of drug-likeness (QED) is 0.396. The third-order valence-corrected chi connectivity index (χ3v) is 5.43. The van der Waals surface area contributed by atoms with Gasteiger partial charge in [-0.15, -0.1) is 0 Å². The summed E-state index contributed by atoms with van der Waals surface area (Å²) in [6.07, 6.45) is -2.64. The zero-order chi connectivity index (χ0) is 20.6. The molecule has 1 saturated heterocycles. The van der Waals surface area contributed by atoms with E-state index in [1.807, 2.05) is 0 Å². The van der Waals surface area contributed by atoms with Crippen LogP contribution in [-0.4, -0.2) is 80.3 Å². The van der Waals surface area contributed by atoms with Crippen LogP contribution >= 0.6 is 0 Å². The maximum absolute atomic E-state index is 11.8. The maximum atomic E-state index is 11.8. The van der Waals surface area contributed by atoms with Crippen LogP contribution in [0.25, 0.3) is 0 Å². The van der Waals surface area contributed by atoms with E-state index in [0.717, 1.165) is 0 Å². The van der Waals surface area contributed by atoms with Crippen molar-refractivity contribution in [2.75, 3.05) is 6.61 Å². The maximum Gasteiger partial charge on any atom is 0.187 e. The van der Waals surface area contributed by atoms with E-state index < -0.39 is 54.4 Å². The lowest BCUT2D eigenvalue weighted by Gasteiger charge is -2.44. The molecule has 0 spiro atoms. The molecule has 0 saturated carbocycles. The fraction of sp³-hybridized carbons (Fsp3) is 0.737. The third kappa shape index (κ3) is 4.32. The van der Waals surface area contributed by atoms with E-state index in [1.54, 1.807) is 39.8 Å². The highest BCUT2D eigenvalue weighted by Gasteiger charge is 2.47. The van der Waals surface area contributed by atoms with Crippen molar-refractivity contribution in [1.82, 2.24) is 0 Å². The zero-order valence-electron chi connectivity index (χ0n) is 16.1. The number of hydrogen-bond acceptors (Lipinski definition) is 8. The van der Waals surface area contributed by atoms with Crippen LogP contribution in [0, 0.1) is 5.41 Å². The summed E-state index contributed by atoms with van der Waals surface area (Å²) in [6, 6.07) is 0. The minimum absolute atomic E-state index is 0.0406. The molecule has 0 bridgehead atoms. The summed E-state index contributed by atoms with van der Waals surface area (Å²) in [5.41, 5.74) is -1.52. The Kier molecular flexibility index (Phi) is 6.63. The Morgan fingerprint density at radius 2 is 1.93 bits per heavy atom. The molecule has 2 aliphatic rings. The molecule has 27 heavy (non-hydrogen) atoms. The smallest absolute Gasteiger partial charge is 0.187 e. The van der Waals surface area contributed by atoms with Crippen molar-refractivity contribution in [3.8, 4) is 0 Å². The molecule has 0 amide bonds. The molecule has 1 unspecified atom stereocenters. The SMILES string of the molecule is CC1=CC(=O)CC(C)(C)[C@@]1(O)/C=C/C(C)O[C@@H]1O[C@@H](CO)[C@H](O)[C@@H](O)[C@@H]1O. The van der Waals surface area contributed by atoms with E-state index in [1.165, 1.54) is 6.08 Å². The van der Waals surface area contributed by atoms with Gasteiger partial charge in [-0.05, 0) is 31.6 Å². The largest absolute Gasteiger partial charge is 0.394 e. The molecule has 1 fully saturated rings. The highest BCUT2D eigenvalue weighted by molar-refractivity contribution is 5.92. The Bertz CT molecular complexity index is 611. The second kappa shape index (κ2) is 8.08. The van der Waals surface area contributed by atoms with Crippen LogP contribution < -0.4 is 0 Å². The number of aliphatic hydroxyl groups is 5. The van der Waals surface area contributed by atoms with Gasteiger partial charge in [-0.25, -0.2) is 0 Å². The van der Waals surface area contributed by atoms with Gasteiger partial charge in [0.15, 0.2) is 12.1 Å². The van der Waals surface area contributed by atoms with Crippen LogP contribution in [0.15, 0.2) is 23.8 Å². The van der Waals surface area contributed by atoms with Gasteiger partial charge in [0.25, 0.3) is 0 Å². The second-order valence-corrected chi connectivity index (χ2v) is 8.02. The van der Waals surface area contributed by atoms with Crippen LogP contribution in [0.5, 0.6) is 0 Å². The van der Waals surface area contributed by atoms with Gasteiger partial charge in [0.1, 0.15) is 30.0 Å². The fourth-order valence-electron chi connectivity index (χ4n) is 3.58. The van der Waals surface area contributed by atoms with Gasteiger partial charge in [-0.1, -0.05) is 19.9 Å². The summed E-state index contributed by atoms with van der Waals surface area (Å²) >= 11 is 0. The minimum Gasteiger partial charge on any atom is -0.394 e. The van der Waals surface area contributed by atoms with E-state index in [0.29, 0.717) is 5.57 Å². The van der Waals surface area contributed by atoms with E-state index in [4.69, 9.17) is 9.47 Å². The minimum atomic E-state index is -1.52. The van der Waals surface area contributed by atoms with Gasteiger partial charge in [-0.3, -0.25) is 4.79 Å². The number of aliphatic hydroxyl groups excluding tert-OH is 4. The molecular formula is C19H30O8. The Morgan fingerprint density at radius 1 is 1.30 bits per heavy atom. The Morgan fingerprint density at radius 3 is 2.48 bits per heavy atom. The normalized spacial score (nSPS) is 40.9. The molecule has 1 heterocycles. The number of carbonyl (C=O) groups is 1. The molecule has 0 radical (unpaired) electrons. The number of rotatable bonds is 5. The molecule has 1 aliphatic carbocycles. The summed E-state index contributed by atoms with van der Waals surface area (Å²) in [5.74, 6) is -0.0406. The predicted molar refractivity (Wildman–Crippen MR) is 95.6 cm³/mol. The van der Waals surface area contributed by atoms with Gasteiger partial charge in [0.05, 0.1) is 12.7 Å². The number of ether oxygens (including phenoxy) is 2. The number of allylic oxidation sites excluding steroid dienone is 1. The number of hydrogen-bond donors (Lipinski definition) is 5. The van der Waals surface area contributed by atoms with E-state index >= 15 is 0 Å². The lowest BCUT2D eigenvalue weighted by Crippen LogP contribution is -2.59. The van der Waals surface area contributed by atoms with Gasteiger partial charge in [0, 0.05) is 11.8 Å². The van der Waals surface area contributed by atoms with Crippen LogP contribution in [-0.2, 0) is 14.3 Å². The highest BCUT2D eigenvalue weighted by atomic mass is 16.7. The van der Waals surface area contributed by atoms with E-state index in [-0.39, 0.29) is 12.2 Å². The molecule has 154 valence electrons. The molecule has 1 aliphatic heterocycles. The number of ketones is 1. The zero-order valence-corrected chi connectivity index (χ0v) is 16.1. The van der Waals surface area contributed by atoms with Crippen molar-refractivity contribution in [2.45, 2.75) is 76.5 Å². The Labute approximate surface area is 158 Å². The molecule has 8 nitrogen and oxygen atoms in total. The summed E-state index contributed by atoms with van der Waals surface area (Å²) in [5, 5.41) is 50.0. The van der Waals surface area contributed by atoms with Gasteiger partial charge in [0.2, 0.25) is 0 Å². The van der Waals surface area contributed by atoms with Crippen molar-refractivity contribution >= 4 is 5.78 Å². The van der Waals surface area contributed by atoms with E-state index in [9.17, 15) is 30.3 Å². The molecule has 0 aromatic carbocycles. The van der Waals surface area contributed by atoms with Crippen molar-refractivity contribution in [3.63, 3.8) is 0 Å². The van der Waals surface area contributed by atoms with E-state index in [2.05, 4.69) is 0 Å². The van der Waals surface area contributed by atoms with Gasteiger partial charge < -0.3 is 35.0 Å². The molecule has 2 rings (SSSR count). The first-order valence-corrected chi connectivity index (χ1v) is 9.02. The van der Waals surface area contributed by atoms with Crippen molar-refractivity contribution in [1.29, 1.82) is 0 Å². The molecule has 8 heteroatoms. The average molecular weight is 386 g/mol. The number of carbonyl (C=O) groups excluding carboxylic acids is 1. The highest BCUT2D eigenvalue weighted by Crippen LogP contribution is 2.44. The van der Waals surface area contributed by atoms with Crippen LogP contribution in [0.1, 0.15) is 34.1 Å². The lowest BCUT2D eigenvalue weighted by atomic mass is 9.64. The second-order valence-electron chi connectivity index (χ2n) is 8.02. The fourth-order valence-corrected chi connectivity index (χ4v) is 3.58. The first-order chi connectivity index (χ1) is 12.4. The Balaban J connectivity index is 2.11. The summed E-state index contributed by atoms with van der Waals surface area (Å²) in [6.45, 7) is 6.40. The predicted octanol–water partition coefficient (Wildman–Crippen LogP) is -0.576. The average Bonchev–Trinajstić information content (AvgIpc) is 2.58. The monoisotopic (exact) mass is 386 g/mol. The topological polar surface area (TPSA) is 137 Å². The van der Waals surface area contributed by atoms with Gasteiger partial charge >= 0.3 is 0 Å². The summed E-state index contributed by atoms with van der Waals surface area (Å²) in [7, 11) is 0.